The zero-order chi connectivity index (χ0) is 14.7. The molecule has 1 saturated heterocycles. The number of carboxylic acid groups (broad SMARTS) is 1. The minimum absolute atomic E-state index is 0.108. The summed E-state index contributed by atoms with van der Waals surface area (Å²) < 4.78 is 16.4. The first-order chi connectivity index (χ1) is 9.51. The summed E-state index contributed by atoms with van der Waals surface area (Å²) in [5.41, 5.74) is 0.167. The number of carbonyl (C=O) groups excluding carboxylic acids is 1. The predicted molar refractivity (Wildman–Crippen MR) is 65.8 cm³/mol. The number of amides is 1. The van der Waals surface area contributed by atoms with Crippen LogP contribution in [-0.4, -0.2) is 53.4 Å². The number of nitrogens with zero attached hydrogens (tertiary/aromatic N) is 2. The fourth-order valence-electron chi connectivity index (χ4n) is 1.58. The van der Waals surface area contributed by atoms with E-state index in [9.17, 15) is 9.59 Å². The highest BCUT2D eigenvalue weighted by molar-refractivity contribution is 5.84. The van der Waals surface area contributed by atoms with Crippen LogP contribution in [0.3, 0.4) is 0 Å². The molecule has 1 aromatic heterocycles. The van der Waals surface area contributed by atoms with Gasteiger partial charge in [0.1, 0.15) is 17.8 Å². The standard InChI is InChI=1S/C11H15N3O6/c1-6(10(15)18-2)14-3-8(12-11(16)17)9(13-14)20-7-4-19-5-7/h3,6-7,12H,4-5H2,1-2H3,(H,16,17). The number of rotatable bonds is 5. The maximum Gasteiger partial charge on any atom is 0.409 e. The first kappa shape index (κ1) is 14.1. The summed E-state index contributed by atoms with van der Waals surface area (Å²) in [6.07, 6.45) is -0.0315. The highest BCUT2D eigenvalue weighted by atomic mass is 16.6. The van der Waals surface area contributed by atoms with E-state index >= 15 is 0 Å². The Balaban J connectivity index is 2.20. The van der Waals surface area contributed by atoms with Crippen molar-refractivity contribution >= 4 is 17.7 Å². The van der Waals surface area contributed by atoms with E-state index < -0.39 is 18.1 Å². The van der Waals surface area contributed by atoms with Gasteiger partial charge in [0, 0.05) is 0 Å². The molecule has 0 aromatic carbocycles. The van der Waals surface area contributed by atoms with E-state index in [1.54, 1.807) is 6.92 Å². The number of hydrogen-bond acceptors (Lipinski definition) is 6. The van der Waals surface area contributed by atoms with Gasteiger partial charge in [-0.05, 0) is 6.92 Å². The van der Waals surface area contributed by atoms with Gasteiger partial charge in [-0.3, -0.25) is 10.00 Å². The molecule has 110 valence electrons. The monoisotopic (exact) mass is 285 g/mol. The van der Waals surface area contributed by atoms with Gasteiger partial charge in [-0.1, -0.05) is 0 Å². The molecule has 2 heterocycles. The second-order valence-corrected chi connectivity index (χ2v) is 4.23. The van der Waals surface area contributed by atoms with Crippen molar-refractivity contribution in [2.24, 2.45) is 0 Å². The van der Waals surface area contributed by atoms with Crippen LogP contribution in [0.4, 0.5) is 10.5 Å². The number of nitrogens with one attached hydrogen (secondary N) is 1. The molecule has 1 aromatic rings. The van der Waals surface area contributed by atoms with Crippen molar-refractivity contribution in [2.45, 2.75) is 19.1 Å². The molecule has 2 rings (SSSR count). The topological polar surface area (TPSA) is 112 Å². The molecule has 0 aliphatic carbocycles. The third-order valence-electron chi connectivity index (χ3n) is 2.76. The summed E-state index contributed by atoms with van der Waals surface area (Å²) in [4.78, 5) is 22.2. The molecule has 20 heavy (non-hydrogen) atoms. The Morgan fingerprint density at radius 2 is 2.30 bits per heavy atom. The van der Waals surface area contributed by atoms with Crippen LogP contribution in [0, 0.1) is 0 Å². The van der Waals surface area contributed by atoms with Crippen molar-refractivity contribution in [3.63, 3.8) is 0 Å². The molecule has 1 unspecified atom stereocenters. The number of aromatic nitrogens is 2. The van der Waals surface area contributed by atoms with Crippen LogP contribution in [0.15, 0.2) is 6.20 Å². The number of hydrogen-bond donors (Lipinski definition) is 2. The highest BCUT2D eigenvalue weighted by Crippen LogP contribution is 2.26. The van der Waals surface area contributed by atoms with Crippen molar-refractivity contribution in [3.05, 3.63) is 6.20 Å². The molecule has 1 amide bonds. The maximum atomic E-state index is 11.5. The number of ether oxygens (including phenoxy) is 3. The lowest BCUT2D eigenvalue weighted by atomic mass is 10.3. The Morgan fingerprint density at radius 3 is 2.80 bits per heavy atom. The molecule has 1 aliphatic rings. The van der Waals surface area contributed by atoms with Gasteiger partial charge in [-0.15, -0.1) is 5.10 Å². The molecule has 0 radical (unpaired) electrons. The Hall–Kier alpha value is -2.29. The summed E-state index contributed by atoms with van der Waals surface area (Å²) in [6, 6.07) is -0.690. The lowest BCUT2D eigenvalue weighted by Crippen LogP contribution is -2.38. The largest absolute Gasteiger partial charge is 0.467 e. The zero-order valence-electron chi connectivity index (χ0n) is 11.0. The van der Waals surface area contributed by atoms with Crippen molar-refractivity contribution in [1.82, 2.24) is 9.78 Å². The van der Waals surface area contributed by atoms with Gasteiger partial charge in [0.2, 0.25) is 0 Å². The minimum atomic E-state index is -1.25. The average molecular weight is 285 g/mol. The molecular formula is C11H15N3O6. The van der Waals surface area contributed by atoms with Crippen LogP contribution < -0.4 is 10.1 Å². The summed E-state index contributed by atoms with van der Waals surface area (Å²) in [5.74, 6) is -0.385. The van der Waals surface area contributed by atoms with Crippen LogP contribution in [-0.2, 0) is 14.3 Å². The lowest BCUT2D eigenvalue weighted by molar-refractivity contribution is -0.144. The molecule has 1 fully saturated rings. The van der Waals surface area contributed by atoms with Crippen LogP contribution in [0.5, 0.6) is 5.88 Å². The van der Waals surface area contributed by atoms with Crippen molar-refractivity contribution in [1.29, 1.82) is 0 Å². The molecule has 1 atom stereocenters. The lowest BCUT2D eigenvalue weighted by Gasteiger charge is -2.25. The van der Waals surface area contributed by atoms with E-state index in [0.29, 0.717) is 13.2 Å². The van der Waals surface area contributed by atoms with E-state index in [2.05, 4.69) is 15.2 Å². The SMILES string of the molecule is COC(=O)C(C)n1cc(NC(=O)O)c(OC2COC2)n1. The number of methoxy groups -OCH3 is 1. The van der Waals surface area contributed by atoms with Gasteiger partial charge in [0.15, 0.2) is 0 Å². The molecule has 2 N–H and O–H groups in total. The second kappa shape index (κ2) is 5.78. The third kappa shape index (κ3) is 2.99. The first-order valence-corrected chi connectivity index (χ1v) is 5.92. The van der Waals surface area contributed by atoms with Gasteiger partial charge < -0.3 is 19.3 Å². The minimum Gasteiger partial charge on any atom is -0.467 e. The first-order valence-electron chi connectivity index (χ1n) is 5.92. The van der Waals surface area contributed by atoms with E-state index in [-0.39, 0.29) is 17.7 Å². The van der Waals surface area contributed by atoms with Gasteiger partial charge in [-0.25, -0.2) is 9.59 Å². The maximum absolute atomic E-state index is 11.5. The quantitative estimate of drug-likeness (QED) is 0.757. The molecule has 1 aliphatic heterocycles. The fourth-order valence-corrected chi connectivity index (χ4v) is 1.58. The summed E-state index contributed by atoms with van der Waals surface area (Å²) >= 11 is 0. The number of carbonyl (C=O) groups is 2. The Labute approximate surface area is 114 Å². The van der Waals surface area contributed by atoms with Crippen LogP contribution in [0.25, 0.3) is 0 Å². The zero-order valence-corrected chi connectivity index (χ0v) is 11.0. The third-order valence-corrected chi connectivity index (χ3v) is 2.76. The van der Waals surface area contributed by atoms with Crippen LogP contribution >= 0.6 is 0 Å². The Morgan fingerprint density at radius 1 is 1.60 bits per heavy atom. The van der Waals surface area contributed by atoms with Crippen LogP contribution in [0.1, 0.15) is 13.0 Å². The number of esters is 1. The Kier molecular flexibility index (Phi) is 4.08. The summed E-state index contributed by atoms with van der Waals surface area (Å²) in [5, 5.41) is 15.0. The smallest absolute Gasteiger partial charge is 0.409 e. The summed E-state index contributed by atoms with van der Waals surface area (Å²) in [7, 11) is 1.27. The van der Waals surface area contributed by atoms with Gasteiger partial charge in [0.05, 0.1) is 26.5 Å². The average Bonchev–Trinajstić information content (AvgIpc) is 2.74. The second-order valence-electron chi connectivity index (χ2n) is 4.23. The normalized spacial score (nSPS) is 16.1. The molecule has 9 nitrogen and oxygen atoms in total. The predicted octanol–water partition coefficient (Wildman–Crippen LogP) is 0.485. The fraction of sp³-hybridized carbons (Fsp3) is 0.545. The molecule has 0 bridgehead atoms. The van der Waals surface area contributed by atoms with Gasteiger partial charge in [0.25, 0.3) is 5.88 Å². The number of anilines is 1. The van der Waals surface area contributed by atoms with Gasteiger partial charge >= 0.3 is 12.1 Å². The van der Waals surface area contributed by atoms with E-state index in [0.717, 1.165) is 0 Å². The summed E-state index contributed by atoms with van der Waals surface area (Å²) in [6.45, 7) is 2.43. The molecule has 9 heteroatoms. The van der Waals surface area contributed by atoms with Gasteiger partial charge in [-0.2, -0.15) is 0 Å². The Bertz CT molecular complexity index is 510. The molecule has 0 saturated carbocycles. The van der Waals surface area contributed by atoms with Crippen LogP contribution in [0.2, 0.25) is 0 Å². The molecular weight excluding hydrogens is 270 g/mol. The van der Waals surface area contributed by atoms with E-state index in [1.165, 1.54) is 18.0 Å². The highest BCUT2D eigenvalue weighted by Gasteiger charge is 2.26. The van der Waals surface area contributed by atoms with E-state index in [1.807, 2.05) is 0 Å². The van der Waals surface area contributed by atoms with E-state index in [4.69, 9.17) is 14.6 Å². The molecule has 0 spiro atoms. The van der Waals surface area contributed by atoms with Crippen molar-refractivity contribution < 1.29 is 28.9 Å². The van der Waals surface area contributed by atoms with Crippen molar-refractivity contribution in [3.8, 4) is 5.88 Å². The van der Waals surface area contributed by atoms with Crippen molar-refractivity contribution in [2.75, 3.05) is 25.6 Å².